The van der Waals surface area contributed by atoms with Gasteiger partial charge in [-0.05, 0) is 43.3 Å². The summed E-state index contributed by atoms with van der Waals surface area (Å²) in [5.41, 5.74) is 2.63. The Morgan fingerprint density at radius 1 is 0.964 bits per heavy atom. The minimum Gasteiger partial charge on any atom is -0.493 e. The molecular weight excluding hydrogens is 358 g/mol. The molecule has 0 aliphatic rings. The van der Waals surface area contributed by atoms with Gasteiger partial charge >= 0.3 is 0 Å². The zero-order valence-electron chi connectivity index (χ0n) is 15.9. The van der Waals surface area contributed by atoms with E-state index in [0.717, 1.165) is 5.56 Å². The lowest BCUT2D eigenvalue weighted by atomic mass is 10.1. The maximum Gasteiger partial charge on any atom is 0.255 e. The highest BCUT2D eigenvalue weighted by atomic mass is 16.5. The van der Waals surface area contributed by atoms with Gasteiger partial charge in [0.1, 0.15) is 0 Å². The molecule has 0 fully saturated rings. The van der Waals surface area contributed by atoms with Crippen molar-refractivity contribution in [1.29, 1.82) is 0 Å². The van der Waals surface area contributed by atoms with Crippen LogP contribution in [0.3, 0.4) is 0 Å². The molecule has 7 heteroatoms. The first kappa shape index (κ1) is 19.2. The van der Waals surface area contributed by atoms with Gasteiger partial charge in [0.05, 0.1) is 26.5 Å². The summed E-state index contributed by atoms with van der Waals surface area (Å²) in [5, 5.41) is 11.1. The molecule has 7 nitrogen and oxygen atoms in total. The van der Waals surface area contributed by atoms with Crippen molar-refractivity contribution in [1.82, 2.24) is 10.2 Å². The van der Waals surface area contributed by atoms with Crippen LogP contribution in [0, 0.1) is 0 Å². The van der Waals surface area contributed by atoms with Gasteiger partial charge in [0, 0.05) is 22.9 Å². The van der Waals surface area contributed by atoms with Crippen LogP contribution in [-0.4, -0.2) is 36.9 Å². The molecule has 0 radical (unpaired) electrons. The number of benzene rings is 2. The van der Waals surface area contributed by atoms with Crippen LogP contribution in [0.2, 0.25) is 0 Å². The summed E-state index contributed by atoms with van der Waals surface area (Å²) in [5.74, 6) is 1.28. The number of amides is 1. The van der Waals surface area contributed by atoms with Gasteiger partial charge in [0.2, 0.25) is 5.88 Å². The first-order valence-corrected chi connectivity index (χ1v) is 8.75. The molecule has 0 atom stereocenters. The van der Waals surface area contributed by atoms with Crippen molar-refractivity contribution in [2.45, 2.75) is 6.92 Å². The van der Waals surface area contributed by atoms with Crippen LogP contribution in [0.25, 0.3) is 11.3 Å². The monoisotopic (exact) mass is 379 g/mol. The molecule has 2 aromatic carbocycles. The van der Waals surface area contributed by atoms with Crippen LogP contribution in [0.4, 0.5) is 5.69 Å². The van der Waals surface area contributed by atoms with Gasteiger partial charge in [-0.2, -0.15) is 0 Å². The average Bonchev–Trinajstić information content (AvgIpc) is 2.74. The highest BCUT2D eigenvalue weighted by Gasteiger charge is 2.12. The van der Waals surface area contributed by atoms with Crippen LogP contribution in [-0.2, 0) is 0 Å². The Balaban J connectivity index is 1.78. The van der Waals surface area contributed by atoms with E-state index >= 15 is 0 Å². The van der Waals surface area contributed by atoms with Crippen molar-refractivity contribution in [2.75, 3.05) is 26.1 Å². The summed E-state index contributed by atoms with van der Waals surface area (Å²) < 4.78 is 15.8. The lowest BCUT2D eigenvalue weighted by Gasteiger charge is -2.11. The summed E-state index contributed by atoms with van der Waals surface area (Å²) in [4.78, 5) is 12.6. The van der Waals surface area contributed by atoms with E-state index < -0.39 is 0 Å². The van der Waals surface area contributed by atoms with Gasteiger partial charge in [-0.25, -0.2) is 0 Å². The number of hydrogen-bond donors (Lipinski definition) is 1. The summed E-state index contributed by atoms with van der Waals surface area (Å²) in [6.07, 6.45) is 0. The first-order chi connectivity index (χ1) is 13.6. The second-order valence-corrected chi connectivity index (χ2v) is 5.79. The van der Waals surface area contributed by atoms with Crippen molar-refractivity contribution in [2.24, 2.45) is 0 Å². The molecule has 0 aliphatic carbocycles. The number of hydrogen-bond acceptors (Lipinski definition) is 6. The highest BCUT2D eigenvalue weighted by molar-refractivity contribution is 6.04. The third-order valence-electron chi connectivity index (χ3n) is 3.99. The van der Waals surface area contributed by atoms with Gasteiger partial charge < -0.3 is 19.5 Å². The predicted octanol–water partition coefficient (Wildman–Crippen LogP) is 3.81. The van der Waals surface area contributed by atoms with Crippen LogP contribution in [0.5, 0.6) is 17.4 Å². The fraction of sp³-hybridized carbons (Fsp3) is 0.190. The Hall–Kier alpha value is -3.61. The number of carbonyl (C=O) groups excluding carboxylic acids is 1. The molecule has 0 unspecified atom stereocenters. The molecule has 0 aliphatic heterocycles. The fourth-order valence-electron chi connectivity index (χ4n) is 2.64. The topological polar surface area (TPSA) is 82.6 Å². The summed E-state index contributed by atoms with van der Waals surface area (Å²) in [7, 11) is 3.08. The average molecular weight is 379 g/mol. The van der Waals surface area contributed by atoms with E-state index in [-0.39, 0.29) is 5.91 Å². The van der Waals surface area contributed by atoms with E-state index in [1.54, 1.807) is 31.4 Å². The summed E-state index contributed by atoms with van der Waals surface area (Å²) >= 11 is 0. The Morgan fingerprint density at radius 3 is 2.46 bits per heavy atom. The number of nitrogens with zero attached hydrogens (tertiary/aromatic N) is 2. The molecule has 0 saturated heterocycles. The first-order valence-electron chi connectivity index (χ1n) is 8.75. The smallest absolute Gasteiger partial charge is 0.255 e. The number of carbonyl (C=O) groups is 1. The van der Waals surface area contributed by atoms with E-state index in [0.29, 0.717) is 40.9 Å². The van der Waals surface area contributed by atoms with Crippen molar-refractivity contribution in [3.05, 3.63) is 60.2 Å². The third kappa shape index (κ3) is 4.37. The second-order valence-electron chi connectivity index (χ2n) is 5.79. The quantitative estimate of drug-likeness (QED) is 0.672. The molecule has 144 valence electrons. The largest absolute Gasteiger partial charge is 0.493 e. The standard InChI is InChI=1S/C21H21N3O4/c1-4-28-20-11-9-17(23-24-20)14-6-5-7-16(12-14)22-21(25)15-8-10-18(26-2)19(13-15)27-3/h5-13H,4H2,1-3H3,(H,22,25). The number of methoxy groups -OCH3 is 2. The van der Waals surface area contributed by atoms with Gasteiger partial charge in [-0.3, -0.25) is 4.79 Å². The number of nitrogens with one attached hydrogen (secondary N) is 1. The molecule has 0 bridgehead atoms. The summed E-state index contributed by atoms with van der Waals surface area (Å²) in [6.45, 7) is 2.42. The predicted molar refractivity (Wildman–Crippen MR) is 106 cm³/mol. The van der Waals surface area contributed by atoms with E-state index in [2.05, 4.69) is 15.5 Å². The summed E-state index contributed by atoms with van der Waals surface area (Å²) in [6, 6.07) is 16.0. The zero-order chi connectivity index (χ0) is 19.9. The Labute approximate surface area is 163 Å². The van der Waals surface area contributed by atoms with Crippen molar-refractivity contribution in [3.8, 4) is 28.6 Å². The molecule has 0 spiro atoms. The normalized spacial score (nSPS) is 10.2. The van der Waals surface area contributed by atoms with Crippen molar-refractivity contribution in [3.63, 3.8) is 0 Å². The zero-order valence-corrected chi connectivity index (χ0v) is 15.9. The molecule has 1 heterocycles. The fourth-order valence-corrected chi connectivity index (χ4v) is 2.64. The molecule has 3 rings (SSSR count). The number of rotatable bonds is 7. The van der Waals surface area contributed by atoms with E-state index in [4.69, 9.17) is 14.2 Å². The molecule has 0 saturated carbocycles. The molecule has 1 amide bonds. The molecular formula is C21H21N3O4. The third-order valence-corrected chi connectivity index (χ3v) is 3.99. The Kier molecular flexibility index (Phi) is 6.06. The molecule has 1 N–H and O–H groups in total. The van der Waals surface area contributed by atoms with E-state index in [1.165, 1.54) is 7.11 Å². The maximum absolute atomic E-state index is 12.6. The van der Waals surface area contributed by atoms with Crippen LogP contribution in [0.1, 0.15) is 17.3 Å². The second kappa shape index (κ2) is 8.85. The van der Waals surface area contributed by atoms with Gasteiger partial charge in [-0.1, -0.05) is 12.1 Å². The lowest BCUT2D eigenvalue weighted by molar-refractivity contribution is 0.102. The molecule has 3 aromatic rings. The van der Waals surface area contributed by atoms with Gasteiger partial charge in [0.25, 0.3) is 5.91 Å². The number of ether oxygens (including phenoxy) is 3. The van der Waals surface area contributed by atoms with Crippen LogP contribution >= 0.6 is 0 Å². The van der Waals surface area contributed by atoms with E-state index in [9.17, 15) is 4.79 Å². The molecule has 28 heavy (non-hydrogen) atoms. The van der Waals surface area contributed by atoms with Gasteiger partial charge in [-0.15, -0.1) is 10.2 Å². The van der Waals surface area contributed by atoms with Crippen molar-refractivity contribution < 1.29 is 19.0 Å². The van der Waals surface area contributed by atoms with Crippen LogP contribution in [0.15, 0.2) is 54.6 Å². The highest BCUT2D eigenvalue weighted by Crippen LogP contribution is 2.28. The minimum atomic E-state index is -0.254. The maximum atomic E-state index is 12.6. The number of anilines is 1. The lowest BCUT2D eigenvalue weighted by Crippen LogP contribution is -2.12. The van der Waals surface area contributed by atoms with E-state index in [1.807, 2.05) is 37.3 Å². The van der Waals surface area contributed by atoms with Crippen LogP contribution < -0.4 is 19.5 Å². The minimum absolute atomic E-state index is 0.254. The van der Waals surface area contributed by atoms with Gasteiger partial charge in [0.15, 0.2) is 11.5 Å². The SMILES string of the molecule is CCOc1ccc(-c2cccc(NC(=O)c3ccc(OC)c(OC)c3)c2)nn1. The Morgan fingerprint density at radius 2 is 1.79 bits per heavy atom. The number of aromatic nitrogens is 2. The molecule has 1 aromatic heterocycles. The Bertz CT molecular complexity index is 958. The van der Waals surface area contributed by atoms with Crippen molar-refractivity contribution >= 4 is 11.6 Å².